The predicted octanol–water partition coefficient (Wildman–Crippen LogP) is 2.65. The number of nitrogens with one attached hydrogen (secondary N) is 1. The number of rotatable bonds is 3. The second-order valence-corrected chi connectivity index (χ2v) is 4.75. The average Bonchev–Trinajstić information content (AvgIpc) is 2.41. The van der Waals surface area contributed by atoms with Crippen LogP contribution in [0.25, 0.3) is 0 Å². The number of ketones is 1. The van der Waals surface area contributed by atoms with Crippen LogP contribution in [0.1, 0.15) is 12.8 Å². The Balaban J connectivity index is 1.89. The van der Waals surface area contributed by atoms with Crippen LogP contribution in [0.2, 0.25) is 0 Å². The van der Waals surface area contributed by atoms with E-state index >= 15 is 0 Å². The number of carbonyl (C=O) groups is 1. The number of likely N-dealkylation sites (tertiary alicyclic amines) is 1. The van der Waals surface area contributed by atoms with Crippen molar-refractivity contribution in [1.82, 2.24) is 4.90 Å². The Hall–Kier alpha value is -1.76. The number of hydrogen-bond acceptors (Lipinski definition) is 3. The van der Waals surface area contributed by atoms with Gasteiger partial charge in [-0.25, -0.2) is 0 Å². The molecule has 1 heterocycles. The molecule has 0 aromatic heterocycles. The Bertz CT molecular complexity index is 484. The Morgan fingerprint density at radius 2 is 1.85 bits per heavy atom. The minimum atomic E-state index is -2.83. The molecular formula is C13H14F2N2O2S. The first-order valence-electron chi connectivity index (χ1n) is 6.17. The zero-order valence-electron chi connectivity index (χ0n) is 10.6. The minimum absolute atomic E-state index is 0.0973. The van der Waals surface area contributed by atoms with Crippen LogP contribution in [0, 0.1) is 0 Å². The highest BCUT2D eigenvalue weighted by Crippen LogP contribution is 2.18. The standard InChI is InChI=1S/C13H14F2N2O2S/c14-12(15)19-11-3-1-9(2-4-11)16-13(20)17-7-5-10(18)6-8-17/h1-4,12H,5-8H2,(H,16,20). The van der Waals surface area contributed by atoms with Gasteiger partial charge in [0.2, 0.25) is 0 Å². The number of Topliss-reactive ketones (excluding diaryl/α,β-unsaturated/α-hetero) is 1. The van der Waals surface area contributed by atoms with Crippen molar-refractivity contribution in [2.24, 2.45) is 0 Å². The van der Waals surface area contributed by atoms with Crippen LogP contribution in [0.15, 0.2) is 24.3 Å². The Morgan fingerprint density at radius 1 is 1.25 bits per heavy atom. The normalized spacial score (nSPS) is 15.3. The molecular weight excluding hydrogens is 286 g/mol. The van der Waals surface area contributed by atoms with Crippen molar-refractivity contribution in [2.45, 2.75) is 19.5 Å². The maximum Gasteiger partial charge on any atom is 0.387 e. The van der Waals surface area contributed by atoms with Gasteiger partial charge in [-0.2, -0.15) is 8.78 Å². The molecule has 4 nitrogen and oxygen atoms in total. The Morgan fingerprint density at radius 3 is 2.40 bits per heavy atom. The fourth-order valence-corrected chi connectivity index (χ4v) is 2.18. The van der Waals surface area contributed by atoms with E-state index in [1.54, 1.807) is 12.1 Å². The lowest BCUT2D eigenvalue weighted by Gasteiger charge is -2.28. The van der Waals surface area contributed by atoms with Gasteiger partial charge in [0.25, 0.3) is 0 Å². The van der Waals surface area contributed by atoms with Gasteiger partial charge in [-0.1, -0.05) is 0 Å². The zero-order chi connectivity index (χ0) is 14.5. The van der Waals surface area contributed by atoms with Crippen LogP contribution in [0.5, 0.6) is 5.75 Å². The third kappa shape index (κ3) is 4.12. The SMILES string of the molecule is O=C1CCN(C(=S)Nc2ccc(OC(F)F)cc2)CC1. The lowest BCUT2D eigenvalue weighted by atomic mass is 10.1. The van der Waals surface area contributed by atoms with E-state index in [4.69, 9.17) is 12.2 Å². The average molecular weight is 300 g/mol. The number of halogens is 2. The summed E-state index contributed by atoms with van der Waals surface area (Å²) in [6, 6.07) is 6.10. The molecule has 0 radical (unpaired) electrons. The van der Waals surface area contributed by atoms with E-state index in [-0.39, 0.29) is 11.5 Å². The fourth-order valence-electron chi connectivity index (χ4n) is 1.88. The first kappa shape index (κ1) is 14.6. The molecule has 7 heteroatoms. The number of nitrogens with zero attached hydrogens (tertiary/aromatic N) is 1. The highest BCUT2D eigenvalue weighted by molar-refractivity contribution is 7.80. The summed E-state index contributed by atoms with van der Waals surface area (Å²) in [4.78, 5) is 13.1. The molecule has 0 saturated carbocycles. The lowest BCUT2D eigenvalue weighted by Crippen LogP contribution is -2.40. The molecule has 0 unspecified atom stereocenters. The fraction of sp³-hybridized carbons (Fsp3) is 0.385. The van der Waals surface area contributed by atoms with Crippen molar-refractivity contribution in [3.63, 3.8) is 0 Å². The molecule has 0 aliphatic carbocycles. The van der Waals surface area contributed by atoms with Gasteiger partial charge in [0, 0.05) is 31.6 Å². The summed E-state index contributed by atoms with van der Waals surface area (Å²) >= 11 is 5.25. The van der Waals surface area contributed by atoms with Crippen molar-refractivity contribution in [2.75, 3.05) is 18.4 Å². The number of ether oxygens (including phenoxy) is 1. The predicted molar refractivity (Wildman–Crippen MR) is 75.1 cm³/mol. The van der Waals surface area contributed by atoms with Gasteiger partial charge in [-0.05, 0) is 36.5 Å². The molecule has 1 fully saturated rings. The summed E-state index contributed by atoms with van der Waals surface area (Å²) in [7, 11) is 0. The monoisotopic (exact) mass is 300 g/mol. The van der Waals surface area contributed by atoms with Crippen molar-refractivity contribution >= 4 is 28.8 Å². The van der Waals surface area contributed by atoms with E-state index in [2.05, 4.69) is 10.1 Å². The van der Waals surface area contributed by atoms with E-state index < -0.39 is 6.61 Å². The van der Waals surface area contributed by atoms with Gasteiger partial charge < -0.3 is 15.0 Å². The topological polar surface area (TPSA) is 41.6 Å². The van der Waals surface area contributed by atoms with E-state index in [1.165, 1.54) is 12.1 Å². The third-order valence-corrected chi connectivity index (χ3v) is 3.30. The van der Waals surface area contributed by atoms with Gasteiger partial charge in [0.1, 0.15) is 11.5 Å². The van der Waals surface area contributed by atoms with Crippen molar-refractivity contribution in [3.8, 4) is 5.75 Å². The molecule has 0 bridgehead atoms. The number of benzene rings is 1. The zero-order valence-corrected chi connectivity index (χ0v) is 11.5. The minimum Gasteiger partial charge on any atom is -0.435 e. The van der Waals surface area contributed by atoms with Crippen LogP contribution in [-0.4, -0.2) is 35.5 Å². The van der Waals surface area contributed by atoms with Crippen LogP contribution >= 0.6 is 12.2 Å². The number of alkyl halides is 2. The van der Waals surface area contributed by atoms with Gasteiger partial charge in [0.05, 0.1) is 0 Å². The molecule has 0 atom stereocenters. The first-order valence-corrected chi connectivity index (χ1v) is 6.58. The van der Waals surface area contributed by atoms with E-state index in [0.717, 1.165) is 0 Å². The van der Waals surface area contributed by atoms with Crippen LogP contribution in [0.4, 0.5) is 14.5 Å². The molecule has 0 amide bonds. The molecule has 2 rings (SSSR count). The first-order chi connectivity index (χ1) is 9.54. The van der Waals surface area contributed by atoms with Gasteiger partial charge >= 0.3 is 6.61 Å². The van der Waals surface area contributed by atoms with E-state index in [1.807, 2.05) is 4.90 Å². The Kier molecular flexibility index (Phi) is 4.84. The van der Waals surface area contributed by atoms with Gasteiger partial charge in [-0.15, -0.1) is 0 Å². The summed E-state index contributed by atoms with van der Waals surface area (Å²) in [5.41, 5.74) is 0.688. The molecule has 1 saturated heterocycles. The summed E-state index contributed by atoms with van der Waals surface area (Å²) < 4.78 is 28.3. The van der Waals surface area contributed by atoms with Crippen molar-refractivity contribution < 1.29 is 18.3 Å². The summed E-state index contributed by atoms with van der Waals surface area (Å²) in [6.07, 6.45) is 1.01. The number of thiocarbonyl (C=S) groups is 1. The second kappa shape index (κ2) is 6.60. The number of piperidine rings is 1. The molecule has 0 spiro atoms. The van der Waals surface area contributed by atoms with Crippen molar-refractivity contribution in [3.05, 3.63) is 24.3 Å². The molecule has 1 aliphatic rings. The molecule has 20 heavy (non-hydrogen) atoms. The van der Waals surface area contributed by atoms with Gasteiger partial charge in [-0.3, -0.25) is 4.79 Å². The Labute approximate surface area is 120 Å². The van der Waals surface area contributed by atoms with E-state index in [0.29, 0.717) is 36.7 Å². The quantitative estimate of drug-likeness (QED) is 0.869. The number of carbonyl (C=O) groups excluding carboxylic acids is 1. The maximum absolute atomic E-state index is 12.0. The van der Waals surface area contributed by atoms with Crippen LogP contribution in [0.3, 0.4) is 0 Å². The highest BCUT2D eigenvalue weighted by Gasteiger charge is 2.18. The lowest BCUT2D eigenvalue weighted by molar-refractivity contribution is -0.120. The summed E-state index contributed by atoms with van der Waals surface area (Å²) in [6.45, 7) is -1.62. The molecule has 1 aromatic carbocycles. The number of hydrogen-bond donors (Lipinski definition) is 1. The van der Waals surface area contributed by atoms with Crippen LogP contribution in [-0.2, 0) is 4.79 Å². The number of anilines is 1. The largest absolute Gasteiger partial charge is 0.435 e. The van der Waals surface area contributed by atoms with Gasteiger partial charge in [0.15, 0.2) is 5.11 Å². The van der Waals surface area contributed by atoms with Crippen LogP contribution < -0.4 is 10.1 Å². The molecule has 1 aromatic rings. The smallest absolute Gasteiger partial charge is 0.387 e. The molecule has 1 aliphatic heterocycles. The summed E-state index contributed by atoms with van der Waals surface area (Å²) in [5, 5.41) is 3.54. The van der Waals surface area contributed by atoms with Crippen molar-refractivity contribution in [1.29, 1.82) is 0 Å². The summed E-state index contributed by atoms with van der Waals surface area (Å²) in [5.74, 6) is 0.345. The highest BCUT2D eigenvalue weighted by atomic mass is 32.1. The molecule has 1 N–H and O–H groups in total. The third-order valence-electron chi connectivity index (χ3n) is 2.94. The second-order valence-electron chi connectivity index (χ2n) is 4.36. The van der Waals surface area contributed by atoms with E-state index in [9.17, 15) is 13.6 Å². The molecule has 108 valence electrons. The maximum atomic E-state index is 12.0.